The van der Waals surface area contributed by atoms with Gasteiger partial charge < -0.3 is 15.4 Å². The molecule has 1 saturated heterocycles. The molecule has 4 nitrogen and oxygen atoms in total. The van der Waals surface area contributed by atoms with Crippen LogP contribution in [-0.4, -0.2) is 37.0 Å². The Bertz CT molecular complexity index is 451. The minimum Gasteiger partial charge on any atom is -0.481 e. The Balaban J connectivity index is 2.10. The highest BCUT2D eigenvalue weighted by molar-refractivity contribution is 9.10. The Labute approximate surface area is 115 Å². The quantitative estimate of drug-likeness (QED) is 0.918. The summed E-state index contributed by atoms with van der Waals surface area (Å²) in [5, 5.41) is 0. The first-order valence-corrected chi connectivity index (χ1v) is 6.81. The van der Waals surface area contributed by atoms with E-state index in [0.717, 1.165) is 35.2 Å². The van der Waals surface area contributed by atoms with E-state index in [1.165, 1.54) is 0 Å². The number of rotatable bonds is 4. The van der Waals surface area contributed by atoms with Crippen molar-refractivity contribution in [3.63, 3.8) is 0 Å². The third-order valence-corrected chi connectivity index (χ3v) is 3.86. The van der Waals surface area contributed by atoms with Crippen molar-refractivity contribution in [1.29, 1.82) is 0 Å². The van der Waals surface area contributed by atoms with Crippen LogP contribution >= 0.6 is 15.9 Å². The van der Waals surface area contributed by atoms with Crippen LogP contribution in [0.5, 0.6) is 5.75 Å². The second-order valence-electron chi connectivity index (χ2n) is 4.45. The molecule has 1 heterocycles. The number of nitrogens with zero attached hydrogens (tertiary/aromatic N) is 1. The summed E-state index contributed by atoms with van der Waals surface area (Å²) < 4.78 is 6.77. The van der Waals surface area contributed by atoms with Crippen LogP contribution in [0, 0.1) is 0 Å². The van der Waals surface area contributed by atoms with Gasteiger partial charge in [-0.25, -0.2) is 0 Å². The van der Waals surface area contributed by atoms with Gasteiger partial charge in [-0.3, -0.25) is 4.79 Å². The van der Waals surface area contributed by atoms with Crippen LogP contribution in [0.3, 0.4) is 0 Å². The monoisotopic (exact) mass is 312 g/mol. The number of ether oxygens (including phenoxy) is 1. The molecule has 1 aliphatic heterocycles. The van der Waals surface area contributed by atoms with Crippen LogP contribution in [0.4, 0.5) is 0 Å². The smallest absolute Gasteiger partial charge is 0.263 e. The number of likely N-dealkylation sites (tertiary alicyclic amines) is 1. The van der Waals surface area contributed by atoms with E-state index in [9.17, 15) is 4.79 Å². The minimum atomic E-state index is -0.345. The molecule has 5 heteroatoms. The standard InChI is InChI=1S/C13H17BrN2O2/c1-16-7-5-12(13(16)17)18-10-2-3-11(14)9(8-10)4-6-15/h2-3,8,12H,4-7,15H2,1H3. The molecule has 1 unspecified atom stereocenters. The predicted octanol–water partition coefficient (Wildman–Crippen LogP) is 1.56. The van der Waals surface area contributed by atoms with Gasteiger partial charge in [-0.1, -0.05) is 15.9 Å². The zero-order valence-corrected chi connectivity index (χ0v) is 11.9. The molecule has 18 heavy (non-hydrogen) atoms. The lowest BCUT2D eigenvalue weighted by Crippen LogP contribution is -2.29. The molecule has 2 rings (SSSR count). The zero-order chi connectivity index (χ0) is 13.1. The highest BCUT2D eigenvalue weighted by Crippen LogP contribution is 2.25. The van der Waals surface area contributed by atoms with Gasteiger partial charge >= 0.3 is 0 Å². The van der Waals surface area contributed by atoms with E-state index in [0.29, 0.717) is 6.54 Å². The number of likely N-dealkylation sites (N-methyl/N-ethyl adjacent to an activating group) is 1. The Morgan fingerprint density at radius 2 is 2.33 bits per heavy atom. The number of carbonyl (C=O) groups excluding carboxylic acids is 1. The largest absolute Gasteiger partial charge is 0.481 e. The zero-order valence-electron chi connectivity index (χ0n) is 10.4. The lowest BCUT2D eigenvalue weighted by atomic mass is 10.1. The Morgan fingerprint density at radius 3 is 2.94 bits per heavy atom. The van der Waals surface area contributed by atoms with Crippen LogP contribution in [0.15, 0.2) is 22.7 Å². The van der Waals surface area contributed by atoms with Crippen LogP contribution in [-0.2, 0) is 11.2 Å². The summed E-state index contributed by atoms with van der Waals surface area (Å²) in [6.45, 7) is 1.35. The van der Waals surface area contributed by atoms with Crippen molar-refractivity contribution in [2.24, 2.45) is 5.73 Å². The summed E-state index contributed by atoms with van der Waals surface area (Å²) in [5.41, 5.74) is 6.67. The maximum atomic E-state index is 11.8. The molecule has 0 saturated carbocycles. The SMILES string of the molecule is CN1CCC(Oc2ccc(Br)c(CCN)c2)C1=O. The fraction of sp³-hybridized carbons (Fsp3) is 0.462. The third-order valence-electron chi connectivity index (χ3n) is 3.09. The van der Waals surface area contributed by atoms with Gasteiger partial charge in [0, 0.05) is 24.5 Å². The number of amides is 1. The first-order valence-electron chi connectivity index (χ1n) is 6.02. The van der Waals surface area contributed by atoms with E-state index < -0.39 is 0 Å². The molecule has 1 aromatic carbocycles. The van der Waals surface area contributed by atoms with E-state index in [1.807, 2.05) is 18.2 Å². The molecule has 0 bridgehead atoms. The average Bonchev–Trinajstić information content (AvgIpc) is 2.66. The Kier molecular flexibility index (Phi) is 4.24. The predicted molar refractivity (Wildman–Crippen MR) is 73.6 cm³/mol. The molecule has 1 amide bonds. The first kappa shape index (κ1) is 13.4. The first-order chi connectivity index (χ1) is 8.61. The topological polar surface area (TPSA) is 55.6 Å². The molecule has 0 spiro atoms. The van der Waals surface area contributed by atoms with Crippen molar-refractivity contribution in [2.75, 3.05) is 20.1 Å². The maximum Gasteiger partial charge on any atom is 0.263 e. The van der Waals surface area contributed by atoms with Crippen molar-refractivity contribution in [3.8, 4) is 5.75 Å². The average molecular weight is 313 g/mol. The molecular weight excluding hydrogens is 296 g/mol. The molecular formula is C13H17BrN2O2. The summed E-state index contributed by atoms with van der Waals surface area (Å²) in [6, 6.07) is 5.75. The van der Waals surface area contributed by atoms with Crippen LogP contribution in [0.2, 0.25) is 0 Å². The van der Waals surface area contributed by atoms with Crippen molar-refractivity contribution < 1.29 is 9.53 Å². The van der Waals surface area contributed by atoms with E-state index in [1.54, 1.807) is 11.9 Å². The Morgan fingerprint density at radius 1 is 1.56 bits per heavy atom. The summed E-state index contributed by atoms with van der Waals surface area (Å²) in [4.78, 5) is 13.5. The van der Waals surface area contributed by atoms with Crippen LogP contribution < -0.4 is 10.5 Å². The van der Waals surface area contributed by atoms with Gasteiger partial charge in [-0.2, -0.15) is 0 Å². The second kappa shape index (κ2) is 5.71. The molecule has 0 aliphatic carbocycles. The van der Waals surface area contributed by atoms with Crippen molar-refractivity contribution in [3.05, 3.63) is 28.2 Å². The lowest BCUT2D eigenvalue weighted by Gasteiger charge is -2.14. The van der Waals surface area contributed by atoms with Gasteiger partial charge in [-0.05, 0) is 36.7 Å². The normalized spacial score (nSPS) is 19.4. The molecule has 1 aliphatic rings. The second-order valence-corrected chi connectivity index (χ2v) is 5.30. The summed E-state index contributed by atoms with van der Waals surface area (Å²) in [7, 11) is 1.80. The van der Waals surface area contributed by atoms with Crippen molar-refractivity contribution in [2.45, 2.75) is 18.9 Å². The Hall–Kier alpha value is -1.07. The summed E-state index contributed by atoms with van der Waals surface area (Å²) in [5.74, 6) is 0.786. The van der Waals surface area contributed by atoms with Crippen molar-refractivity contribution in [1.82, 2.24) is 4.90 Å². The maximum absolute atomic E-state index is 11.8. The number of halogens is 1. The van der Waals surface area contributed by atoms with Crippen molar-refractivity contribution >= 4 is 21.8 Å². The van der Waals surface area contributed by atoms with E-state index >= 15 is 0 Å². The van der Waals surface area contributed by atoms with Gasteiger partial charge in [0.15, 0.2) is 6.10 Å². The molecule has 2 N–H and O–H groups in total. The molecule has 0 radical (unpaired) electrons. The van der Waals surface area contributed by atoms with E-state index in [2.05, 4.69) is 15.9 Å². The van der Waals surface area contributed by atoms with Crippen LogP contribution in [0.25, 0.3) is 0 Å². The molecule has 1 atom stereocenters. The molecule has 98 valence electrons. The van der Waals surface area contributed by atoms with Crippen LogP contribution in [0.1, 0.15) is 12.0 Å². The van der Waals surface area contributed by atoms with Gasteiger partial charge in [0.1, 0.15) is 5.75 Å². The minimum absolute atomic E-state index is 0.0540. The van der Waals surface area contributed by atoms with Gasteiger partial charge in [0.05, 0.1) is 0 Å². The number of carbonyl (C=O) groups is 1. The molecule has 0 aromatic heterocycles. The number of hydrogen-bond donors (Lipinski definition) is 1. The summed E-state index contributed by atoms with van der Waals surface area (Å²) in [6.07, 6.45) is 1.19. The van der Waals surface area contributed by atoms with Gasteiger partial charge in [0.2, 0.25) is 0 Å². The van der Waals surface area contributed by atoms with Gasteiger partial charge in [0.25, 0.3) is 5.91 Å². The van der Waals surface area contributed by atoms with Gasteiger partial charge in [-0.15, -0.1) is 0 Å². The number of hydrogen-bond acceptors (Lipinski definition) is 3. The molecule has 1 fully saturated rings. The number of benzene rings is 1. The highest BCUT2D eigenvalue weighted by Gasteiger charge is 2.30. The third kappa shape index (κ3) is 2.84. The summed E-state index contributed by atoms with van der Waals surface area (Å²) >= 11 is 3.48. The van der Waals surface area contributed by atoms with E-state index in [-0.39, 0.29) is 12.0 Å². The lowest BCUT2D eigenvalue weighted by molar-refractivity contribution is -0.132. The number of nitrogens with two attached hydrogens (primary N) is 1. The fourth-order valence-electron chi connectivity index (χ4n) is 2.04. The molecule has 1 aromatic rings. The fourth-order valence-corrected chi connectivity index (χ4v) is 2.48. The highest BCUT2D eigenvalue weighted by atomic mass is 79.9. The van der Waals surface area contributed by atoms with E-state index in [4.69, 9.17) is 10.5 Å².